The predicted octanol–water partition coefficient (Wildman–Crippen LogP) is 1.22. The number of carbonyl (C=O) groups is 2. The highest BCUT2D eigenvalue weighted by atomic mass is 16.4. The minimum atomic E-state index is -0.902. The van der Waals surface area contributed by atoms with Gasteiger partial charge in [-0.1, -0.05) is 6.07 Å². The van der Waals surface area contributed by atoms with Gasteiger partial charge in [0.1, 0.15) is 0 Å². The van der Waals surface area contributed by atoms with E-state index in [2.05, 4.69) is 4.98 Å². The van der Waals surface area contributed by atoms with Crippen LogP contribution in [0, 0.1) is 5.92 Å². The third kappa shape index (κ3) is 1.75. The van der Waals surface area contributed by atoms with E-state index < -0.39 is 11.9 Å². The van der Waals surface area contributed by atoms with Gasteiger partial charge in [0.05, 0.1) is 12.0 Å². The van der Waals surface area contributed by atoms with Crippen molar-refractivity contribution in [2.45, 2.75) is 31.3 Å². The van der Waals surface area contributed by atoms with E-state index in [1.165, 1.54) is 0 Å². The monoisotopic (exact) mass is 246 g/mol. The van der Waals surface area contributed by atoms with Gasteiger partial charge in [-0.05, 0) is 24.5 Å². The van der Waals surface area contributed by atoms with Gasteiger partial charge in [-0.15, -0.1) is 0 Å². The summed E-state index contributed by atoms with van der Waals surface area (Å²) in [6, 6.07) is 3.51. The number of rotatable bonds is 3. The zero-order chi connectivity index (χ0) is 12.7. The van der Waals surface area contributed by atoms with Crippen LogP contribution in [0.4, 0.5) is 0 Å². The topological polar surface area (TPSA) is 70.5 Å². The number of hydrogen-bond donors (Lipinski definition) is 1. The summed E-state index contributed by atoms with van der Waals surface area (Å²) in [4.78, 5) is 29.1. The molecule has 0 spiro atoms. The highest BCUT2D eigenvalue weighted by molar-refractivity contribution is 5.87. The molecule has 2 atom stereocenters. The molecule has 1 saturated carbocycles. The molecule has 1 N–H and O–H groups in total. The van der Waals surface area contributed by atoms with Crippen molar-refractivity contribution in [1.29, 1.82) is 0 Å². The molecule has 0 radical (unpaired) electrons. The van der Waals surface area contributed by atoms with E-state index in [0.717, 1.165) is 18.4 Å². The van der Waals surface area contributed by atoms with E-state index in [1.54, 1.807) is 23.4 Å². The Morgan fingerprint density at radius 2 is 2.22 bits per heavy atom. The lowest BCUT2D eigenvalue weighted by Crippen LogP contribution is -2.32. The molecule has 2 heterocycles. The van der Waals surface area contributed by atoms with Gasteiger partial charge in [0, 0.05) is 24.9 Å². The first-order chi connectivity index (χ1) is 8.68. The Hall–Kier alpha value is -1.91. The van der Waals surface area contributed by atoms with Crippen molar-refractivity contribution in [3.05, 3.63) is 30.1 Å². The Labute approximate surface area is 104 Å². The first-order valence-electron chi connectivity index (χ1n) is 6.12. The normalized spacial score (nSPS) is 27.6. The Balaban J connectivity index is 1.99. The van der Waals surface area contributed by atoms with E-state index >= 15 is 0 Å². The van der Waals surface area contributed by atoms with Crippen molar-refractivity contribution in [3.8, 4) is 0 Å². The molecule has 0 aromatic carbocycles. The van der Waals surface area contributed by atoms with Gasteiger partial charge in [-0.2, -0.15) is 0 Å². The molecule has 1 aromatic heterocycles. The molecule has 1 aliphatic heterocycles. The maximum atomic E-state index is 12.0. The molecule has 5 heteroatoms. The van der Waals surface area contributed by atoms with E-state index in [9.17, 15) is 14.7 Å². The van der Waals surface area contributed by atoms with Crippen molar-refractivity contribution in [1.82, 2.24) is 9.88 Å². The summed E-state index contributed by atoms with van der Waals surface area (Å²) >= 11 is 0. The average Bonchev–Trinajstić information content (AvgIpc) is 3.13. The molecular weight excluding hydrogens is 232 g/mol. The third-order valence-electron chi connectivity index (χ3n) is 3.65. The lowest BCUT2D eigenvalue weighted by atomic mass is 9.95. The average molecular weight is 246 g/mol. The zero-order valence-electron chi connectivity index (χ0n) is 9.82. The predicted molar refractivity (Wildman–Crippen MR) is 62.6 cm³/mol. The van der Waals surface area contributed by atoms with E-state index in [4.69, 9.17) is 0 Å². The molecule has 2 unspecified atom stereocenters. The highest BCUT2D eigenvalue weighted by Crippen LogP contribution is 2.44. The number of carboxylic acids is 1. The van der Waals surface area contributed by atoms with Gasteiger partial charge < -0.3 is 10.0 Å². The quantitative estimate of drug-likeness (QED) is 0.870. The van der Waals surface area contributed by atoms with Crippen molar-refractivity contribution in [2.24, 2.45) is 5.92 Å². The van der Waals surface area contributed by atoms with Crippen molar-refractivity contribution < 1.29 is 14.7 Å². The van der Waals surface area contributed by atoms with Crippen LogP contribution in [0.5, 0.6) is 0 Å². The molecule has 3 rings (SSSR count). The summed E-state index contributed by atoms with van der Waals surface area (Å²) in [7, 11) is 0. The molecule has 5 nitrogen and oxygen atoms in total. The van der Waals surface area contributed by atoms with Gasteiger partial charge >= 0.3 is 5.97 Å². The number of carboxylic acid groups (broad SMARTS) is 1. The second-order valence-corrected chi connectivity index (χ2v) is 4.91. The molecule has 0 bridgehead atoms. The molecule has 2 aliphatic rings. The maximum absolute atomic E-state index is 12.0. The Kier molecular flexibility index (Phi) is 2.54. The minimum Gasteiger partial charge on any atom is -0.481 e. The fourth-order valence-electron chi connectivity index (χ4n) is 2.70. The summed E-state index contributed by atoms with van der Waals surface area (Å²) in [5.41, 5.74) is 0.822. The van der Waals surface area contributed by atoms with E-state index in [0.29, 0.717) is 0 Å². The summed E-state index contributed by atoms with van der Waals surface area (Å²) in [6.45, 7) is 0. The van der Waals surface area contributed by atoms with Gasteiger partial charge in [-0.25, -0.2) is 0 Å². The Bertz CT molecular complexity index is 484. The summed E-state index contributed by atoms with van der Waals surface area (Å²) < 4.78 is 0. The van der Waals surface area contributed by atoms with Gasteiger partial charge in [-0.3, -0.25) is 14.6 Å². The molecule has 1 aliphatic carbocycles. The van der Waals surface area contributed by atoms with Crippen LogP contribution in [0.15, 0.2) is 24.5 Å². The van der Waals surface area contributed by atoms with Crippen LogP contribution >= 0.6 is 0 Å². The van der Waals surface area contributed by atoms with Crippen molar-refractivity contribution >= 4 is 11.9 Å². The SMILES string of the molecule is O=C(O)C1CC(=O)N(C2CC2)C1c1cccnc1. The number of aliphatic carboxylic acids is 1. The van der Waals surface area contributed by atoms with E-state index in [-0.39, 0.29) is 24.4 Å². The minimum absolute atomic E-state index is 0.0428. The van der Waals surface area contributed by atoms with Gasteiger partial charge in [0.15, 0.2) is 0 Å². The largest absolute Gasteiger partial charge is 0.481 e. The zero-order valence-corrected chi connectivity index (χ0v) is 9.82. The van der Waals surface area contributed by atoms with Crippen LogP contribution in [0.1, 0.15) is 30.9 Å². The number of carbonyl (C=O) groups excluding carboxylic acids is 1. The van der Waals surface area contributed by atoms with E-state index in [1.807, 2.05) is 6.07 Å². The van der Waals surface area contributed by atoms with Crippen LogP contribution in [-0.2, 0) is 9.59 Å². The van der Waals surface area contributed by atoms with Crippen molar-refractivity contribution in [2.75, 3.05) is 0 Å². The smallest absolute Gasteiger partial charge is 0.309 e. The number of aromatic nitrogens is 1. The first-order valence-corrected chi connectivity index (χ1v) is 6.12. The van der Waals surface area contributed by atoms with Crippen LogP contribution in [-0.4, -0.2) is 32.9 Å². The standard InChI is InChI=1S/C13H14N2O3/c16-11-6-10(13(17)18)12(15(11)9-3-4-9)8-2-1-5-14-7-8/h1-2,5,7,9-10,12H,3-4,6H2,(H,17,18). The lowest BCUT2D eigenvalue weighted by molar-refractivity contribution is -0.142. The molecule has 1 saturated heterocycles. The molecule has 1 amide bonds. The number of likely N-dealkylation sites (tertiary alicyclic amines) is 1. The van der Waals surface area contributed by atoms with Gasteiger partial charge in [0.2, 0.25) is 5.91 Å². The fourth-order valence-corrected chi connectivity index (χ4v) is 2.70. The Morgan fingerprint density at radius 3 is 2.78 bits per heavy atom. The van der Waals surface area contributed by atoms with Gasteiger partial charge in [0.25, 0.3) is 0 Å². The molecule has 1 aromatic rings. The summed E-state index contributed by atoms with van der Waals surface area (Å²) in [6.07, 6.45) is 5.38. The maximum Gasteiger partial charge on any atom is 0.309 e. The summed E-state index contributed by atoms with van der Waals surface area (Å²) in [5, 5.41) is 9.28. The second kappa shape index (κ2) is 4.08. The summed E-state index contributed by atoms with van der Waals surface area (Å²) in [5.74, 6) is -1.60. The molecular formula is C13H14N2O3. The van der Waals surface area contributed by atoms with Crippen LogP contribution < -0.4 is 0 Å². The van der Waals surface area contributed by atoms with Crippen LogP contribution in [0.3, 0.4) is 0 Å². The highest BCUT2D eigenvalue weighted by Gasteiger charge is 2.49. The lowest BCUT2D eigenvalue weighted by Gasteiger charge is -2.26. The second-order valence-electron chi connectivity index (χ2n) is 4.91. The number of nitrogens with zero attached hydrogens (tertiary/aromatic N) is 2. The van der Waals surface area contributed by atoms with Crippen LogP contribution in [0.2, 0.25) is 0 Å². The Morgan fingerprint density at radius 1 is 1.44 bits per heavy atom. The molecule has 2 fully saturated rings. The number of hydrogen-bond acceptors (Lipinski definition) is 3. The number of amides is 1. The molecule has 94 valence electrons. The molecule has 18 heavy (non-hydrogen) atoms. The van der Waals surface area contributed by atoms with Crippen LogP contribution in [0.25, 0.3) is 0 Å². The number of pyridine rings is 1. The fraction of sp³-hybridized carbons (Fsp3) is 0.462. The van der Waals surface area contributed by atoms with Crippen molar-refractivity contribution in [3.63, 3.8) is 0 Å². The first kappa shape index (κ1) is 11.2. The third-order valence-corrected chi connectivity index (χ3v) is 3.65.